The Morgan fingerprint density at radius 1 is 0.900 bits per heavy atom. The van der Waals surface area contributed by atoms with Crippen LogP contribution >= 0.6 is 11.6 Å². The number of benzodiazepines with no additional fused rings is 1. The molecular weight excluding hydrogens is 526 g/mol. The van der Waals surface area contributed by atoms with Crippen molar-refractivity contribution >= 4 is 28.9 Å². The summed E-state index contributed by atoms with van der Waals surface area (Å²) in [6.07, 6.45) is 0. The van der Waals surface area contributed by atoms with Gasteiger partial charge >= 0.3 is 0 Å². The number of rotatable bonds is 7. The summed E-state index contributed by atoms with van der Waals surface area (Å²) in [7, 11) is 3.20. The van der Waals surface area contributed by atoms with Crippen molar-refractivity contribution < 1.29 is 14.3 Å². The summed E-state index contributed by atoms with van der Waals surface area (Å²) in [6, 6.07) is 29.1. The Hall–Kier alpha value is -4.78. The molecule has 0 saturated heterocycles. The van der Waals surface area contributed by atoms with Crippen LogP contribution < -0.4 is 14.4 Å². The van der Waals surface area contributed by atoms with Gasteiger partial charge in [-0.05, 0) is 66.0 Å². The predicted molar refractivity (Wildman–Crippen MR) is 156 cm³/mol. The van der Waals surface area contributed by atoms with Crippen molar-refractivity contribution in [2.24, 2.45) is 10.1 Å². The first-order valence-corrected chi connectivity index (χ1v) is 12.9. The molecule has 0 radical (unpaired) electrons. The van der Waals surface area contributed by atoms with E-state index in [0.717, 1.165) is 16.7 Å². The molecule has 0 spiro atoms. The van der Waals surface area contributed by atoms with Gasteiger partial charge in [-0.3, -0.25) is 14.7 Å². The fourth-order valence-electron chi connectivity index (χ4n) is 4.86. The molecule has 1 aliphatic rings. The molecule has 1 heterocycles. The second-order valence-corrected chi connectivity index (χ2v) is 9.76. The maximum atomic E-state index is 14.6. The van der Waals surface area contributed by atoms with Crippen molar-refractivity contribution in [2.75, 3.05) is 19.1 Å². The normalized spacial score (nSPS) is 16.5. The zero-order valence-electron chi connectivity index (χ0n) is 22.2. The van der Waals surface area contributed by atoms with Crippen LogP contribution in [0.15, 0.2) is 107 Å². The smallest absolute Gasteiger partial charge is 0.261 e. The van der Waals surface area contributed by atoms with Gasteiger partial charge in [0.1, 0.15) is 11.5 Å². The second-order valence-electron chi connectivity index (χ2n) is 9.32. The van der Waals surface area contributed by atoms with Gasteiger partial charge in [0.2, 0.25) is 5.66 Å². The highest BCUT2D eigenvalue weighted by atomic mass is 35.5. The van der Waals surface area contributed by atoms with Gasteiger partial charge in [-0.2, -0.15) is 0 Å². The molecule has 0 aromatic heterocycles. The van der Waals surface area contributed by atoms with Crippen LogP contribution in [-0.4, -0.2) is 31.5 Å². The molecule has 4 aromatic carbocycles. The van der Waals surface area contributed by atoms with E-state index in [2.05, 4.69) is 10.0 Å². The molecule has 40 heavy (non-hydrogen) atoms. The molecule has 1 atom stereocenters. The van der Waals surface area contributed by atoms with E-state index in [1.165, 1.54) is 6.92 Å². The van der Waals surface area contributed by atoms with E-state index in [-0.39, 0.29) is 0 Å². The molecule has 1 amide bonds. The van der Waals surface area contributed by atoms with Gasteiger partial charge in [0.05, 0.1) is 31.7 Å². The van der Waals surface area contributed by atoms with Crippen molar-refractivity contribution in [3.8, 4) is 11.5 Å². The quantitative estimate of drug-likeness (QED) is 0.136. The van der Waals surface area contributed by atoms with Gasteiger partial charge < -0.3 is 9.47 Å². The number of nitrogens with zero attached hydrogens (tertiary/aromatic N) is 5. The summed E-state index contributed by atoms with van der Waals surface area (Å²) in [5.74, 6) is 0.872. The Kier molecular flexibility index (Phi) is 7.47. The van der Waals surface area contributed by atoms with E-state index < -0.39 is 17.6 Å². The monoisotopic (exact) mass is 551 g/mol. The highest BCUT2D eigenvalue weighted by Crippen LogP contribution is 2.42. The number of carbonyl (C=O) groups is 1. The molecule has 0 unspecified atom stereocenters. The number of carbonyl (C=O) groups excluding carboxylic acids is 1. The minimum Gasteiger partial charge on any atom is -0.497 e. The third kappa shape index (κ3) is 4.98. The molecule has 0 N–H and O–H groups in total. The van der Waals surface area contributed by atoms with E-state index in [0.29, 0.717) is 33.5 Å². The number of hydrogen-bond acceptors (Lipinski definition) is 5. The van der Waals surface area contributed by atoms with Crippen LogP contribution in [0.3, 0.4) is 0 Å². The summed E-state index contributed by atoms with van der Waals surface area (Å²) in [4.78, 5) is 24.1. The SMILES string of the molecule is COc1ccc(C(c2ccc(OC)cc2)N2C(=O)[C@@](C)(N=[N+]=[N-])N=C(c3ccccc3)c3cc(Cl)ccc32)cc1. The Labute approximate surface area is 237 Å². The van der Waals surface area contributed by atoms with Crippen LogP contribution in [0.5, 0.6) is 11.5 Å². The first-order valence-electron chi connectivity index (χ1n) is 12.5. The number of fused-ring (bicyclic) bond motifs is 1. The van der Waals surface area contributed by atoms with Crippen LogP contribution in [0.4, 0.5) is 5.69 Å². The molecule has 1 aliphatic heterocycles. The standard InChI is InChI=1S/C31H26ClN5O3/c1-31(35-36-33)30(38)37(27-18-13-23(32)19-26(27)28(34-31)20-7-5-4-6-8-20)29(21-9-14-24(39-2)15-10-21)22-11-16-25(40-3)17-12-22/h4-19,29H,1-3H3/t31-/m1/s1. The van der Waals surface area contributed by atoms with Gasteiger partial charge in [-0.15, -0.1) is 0 Å². The Balaban J connectivity index is 1.82. The summed E-state index contributed by atoms with van der Waals surface area (Å²) in [5.41, 5.74) is 11.8. The zero-order chi connectivity index (χ0) is 28.3. The third-order valence-electron chi connectivity index (χ3n) is 6.83. The lowest BCUT2D eigenvalue weighted by molar-refractivity contribution is -0.123. The molecule has 200 valence electrons. The highest BCUT2D eigenvalue weighted by molar-refractivity contribution is 6.32. The maximum absolute atomic E-state index is 14.6. The summed E-state index contributed by atoms with van der Waals surface area (Å²) in [5, 5.41) is 4.42. The first kappa shape index (κ1) is 26.8. The largest absolute Gasteiger partial charge is 0.497 e. The number of ether oxygens (including phenoxy) is 2. The number of halogens is 1. The number of aliphatic imine (C=N–C) groups is 1. The Morgan fingerprint density at radius 2 is 1.48 bits per heavy atom. The van der Waals surface area contributed by atoms with Crippen LogP contribution in [0.1, 0.15) is 35.2 Å². The van der Waals surface area contributed by atoms with E-state index >= 15 is 0 Å². The van der Waals surface area contributed by atoms with Gasteiger partial charge in [0, 0.05) is 21.1 Å². The molecule has 0 fully saturated rings. The van der Waals surface area contributed by atoms with Crippen LogP contribution in [0, 0.1) is 0 Å². The molecular formula is C31H26ClN5O3. The first-order chi connectivity index (χ1) is 19.4. The number of azide groups is 1. The molecule has 5 rings (SSSR count). The maximum Gasteiger partial charge on any atom is 0.261 e. The number of anilines is 1. The highest BCUT2D eigenvalue weighted by Gasteiger charge is 2.44. The summed E-state index contributed by atoms with van der Waals surface area (Å²) >= 11 is 6.51. The lowest BCUT2D eigenvalue weighted by Crippen LogP contribution is -2.46. The molecule has 0 saturated carbocycles. The fourth-order valence-corrected chi connectivity index (χ4v) is 5.03. The van der Waals surface area contributed by atoms with Crippen molar-refractivity contribution in [1.82, 2.24) is 0 Å². The van der Waals surface area contributed by atoms with Crippen molar-refractivity contribution in [2.45, 2.75) is 18.6 Å². The van der Waals surface area contributed by atoms with Crippen LogP contribution in [-0.2, 0) is 4.79 Å². The number of hydrogen-bond donors (Lipinski definition) is 0. The average molecular weight is 552 g/mol. The lowest BCUT2D eigenvalue weighted by atomic mass is 9.93. The number of benzene rings is 4. The van der Waals surface area contributed by atoms with Gasteiger partial charge in [0.15, 0.2) is 0 Å². The lowest BCUT2D eigenvalue weighted by Gasteiger charge is -2.35. The third-order valence-corrected chi connectivity index (χ3v) is 7.07. The van der Waals surface area contributed by atoms with E-state index in [9.17, 15) is 10.3 Å². The van der Waals surface area contributed by atoms with Crippen molar-refractivity contribution in [3.05, 3.63) is 135 Å². The zero-order valence-corrected chi connectivity index (χ0v) is 22.9. The molecule has 0 bridgehead atoms. The Morgan fingerprint density at radius 3 is 2.00 bits per heavy atom. The van der Waals surface area contributed by atoms with E-state index in [4.69, 9.17) is 26.1 Å². The molecule has 8 nitrogen and oxygen atoms in total. The van der Waals surface area contributed by atoms with E-state index in [1.54, 1.807) is 37.3 Å². The van der Waals surface area contributed by atoms with Crippen molar-refractivity contribution in [1.29, 1.82) is 0 Å². The molecule has 9 heteroatoms. The van der Waals surface area contributed by atoms with Crippen molar-refractivity contribution in [3.63, 3.8) is 0 Å². The minimum absolute atomic E-state index is 0.479. The average Bonchev–Trinajstić information content (AvgIpc) is 3.07. The summed E-state index contributed by atoms with van der Waals surface area (Å²) < 4.78 is 10.8. The fraction of sp³-hybridized carbons (Fsp3) is 0.161. The number of methoxy groups -OCH3 is 2. The molecule has 4 aromatic rings. The molecule has 0 aliphatic carbocycles. The predicted octanol–water partition coefficient (Wildman–Crippen LogP) is 7.36. The Bertz CT molecular complexity index is 1570. The minimum atomic E-state index is -1.79. The topological polar surface area (TPSA) is 99.9 Å². The van der Waals surface area contributed by atoms with Gasteiger partial charge in [0.25, 0.3) is 5.91 Å². The van der Waals surface area contributed by atoms with E-state index in [1.807, 2.05) is 78.9 Å². The van der Waals surface area contributed by atoms with Gasteiger partial charge in [-0.1, -0.05) is 71.3 Å². The summed E-state index contributed by atoms with van der Waals surface area (Å²) in [6.45, 7) is 1.53. The van der Waals surface area contributed by atoms with Crippen LogP contribution in [0.25, 0.3) is 10.4 Å². The second kappa shape index (κ2) is 11.1. The number of amides is 1. The van der Waals surface area contributed by atoms with Gasteiger partial charge in [-0.25, -0.2) is 0 Å². The van der Waals surface area contributed by atoms with Crippen LogP contribution in [0.2, 0.25) is 5.02 Å².